The van der Waals surface area contributed by atoms with Crippen LogP contribution in [0.4, 0.5) is 8.78 Å². The molecule has 0 aromatic heterocycles. The minimum absolute atomic E-state index is 0.0319. The Labute approximate surface area is 115 Å². The van der Waals surface area contributed by atoms with Gasteiger partial charge >= 0.3 is 5.97 Å². The Balaban J connectivity index is 2.90. The van der Waals surface area contributed by atoms with Crippen molar-refractivity contribution in [2.45, 2.75) is 32.2 Å². The van der Waals surface area contributed by atoms with Crippen LogP contribution in [0.5, 0.6) is 0 Å². The van der Waals surface area contributed by atoms with Crippen LogP contribution in [0.2, 0.25) is 0 Å². The molecule has 1 unspecified atom stereocenters. The van der Waals surface area contributed by atoms with Gasteiger partial charge in [-0.1, -0.05) is 6.92 Å². The van der Waals surface area contributed by atoms with Crippen LogP contribution in [0, 0.1) is 11.6 Å². The molecular formula is C14H17F2NO3. The van der Waals surface area contributed by atoms with Crippen LogP contribution in [0.25, 0.3) is 0 Å². The maximum absolute atomic E-state index is 13.6. The van der Waals surface area contributed by atoms with Crippen LogP contribution >= 0.6 is 0 Å². The number of carboxylic acid groups (broad SMARTS) is 1. The van der Waals surface area contributed by atoms with E-state index in [9.17, 15) is 18.4 Å². The lowest BCUT2D eigenvalue weighted by atomic mass is 9.99. The van der Waals surface area contributed by atoms with E-state index in [1.54, 1.807) is 0 Å². The van der Waals surface area contributed by atoms with Gasteiger partial charge in [-0.3, -0.25) is 9.59 Å². The van der Waals surface area contributed by atoms with Gasteiger partial charge < -0.3 is 10.4 Å². The number of aliphatic carboxylic acids is 1. The lowest BCUT2D eigenvalue weighted by molar-refractivity contribution is -0.137. The van der Waals surface area contributed by atoms with E-state index in [0.29, 0.717) is 6.54 Å². The third-order valence-electron chi connectivity index (χ3n) is 2.80. The van der Waals surface area contributed by atoms with E-state index >= 15 is 0 Å². The van der Waals surface area contributed by atoms with Crippen molar-refractivity contribution in [3.63, 3.8) is 0 Å². The van der Waals surface area contributed by atoms with Gasteiger partial charge in [-0.2, -0.15) is 0 Å². The summed E-state index contributed by atoms with van der Waals surface area (Å²) in [6.45, 7) is 2.38. The molecule has 20 heavy (non-hydrogen) atoms. The highest BCUT2D eigenvalue weighted by Gasteiger charge is 2.23. The average molecular weight is 285 g/mol. The van der Waals surface area contributed by atoms with E-state index in [0.717, 1.165) is 24.6 Å². The first-order valence-corrected chi connectivity index (χ1v) is 6.40. The monoisotopic (exact) mass is 285 g/mol. The zero-order valence-corrected chi connectivity index (χ0v) is 11.2. The van der Waals surface area contributed by atoms with Gasteiger partial charge in [0.2, 0.25) is 0 Å². The second-order valence-corrected chi connectivity index (χ2v) is 4.43. The van der Waals surface area contributed by atoms with Crippen molar-refractivity contribution in [2.24, 2.45) is 0 Å². The van der Waals surface area contributed by atoms with E-state index in [-0.39, 0.29) is 18.4 Å². The first kappa shape index (κ1) is 16.2. The number of rotatable bonds is 8. The molecule has 0 amide bonds. The topological polar surface area (TPSA) is 66.4 Å². The molecule has 1 aromatic carbocycles. The Morgan fingerprint density at radius 3 is 2.65 bits per heavy atom. The number of nitrogens with one attached hydrogen (secondary N) is 1. The second kappa shape index (κ2) is 7.69. The number of Topliss-reactive ketones (excluding diaryl/α,β-unsaturated/α-hetero) is 1. The lowest BCUT2D eigenvalue weighted by Crippen LogP contribution is -2.38. The quantitative estimate of drug-likeness (QED) is 0.720. The standard InChI is InChI=1S/C14H17F2NO3/c1-2-7-17-12(5-6-13(18)19)14(20)10-8-9(15)3-4-11(10)16/h3-4,8,12,17H,2,5-7H2,1H3,(H,18,19). The molecule has 6 heteroatoms. The summed E-state index contributed by atoms with van der Waals surface area (Å²) in [7, 11) is 0. The highest BCUT2D eigenvalue weighted by Crippen LogP contribution is 2.14. The number of carbonyl (C=O) groups is 2. The summed E-state index contributed by atoms with van der Waals surface area (Å²) in [4.78, 5) is 22.8. The van der Waals surface area contributed by atoms with Gasteiger partial charge in [0.15, 0.2) is 5.78 Å². The highest BCUT2D eigenvalue weighted by atomic mass is 19.1. The number of hydrogen-bond acceptors (Lipinski definition) is 3. The van der Waals surface area contributed by atoms with Gasteiger partial charge in [-0.25, -0.2) is 8.78 Å². The smallest absolute Gasteiger partial charge is 0.303 e. The molecule has 0 radical (unpaired) electrons. The molecule has 1 aromatic rings. The predicted molar refractivity (Wildman–Crippen MR) is 69.6 cm³/mol. The largest absolute Gasteiger partial charge is 0.481 e. The molecule has 1 atom stereocenters. The third-order valence-corrected chi connectivity index (χ3v) is 2.80. The van der Waals surface area contributed by atoms with E-state index < -0.39 is 29.4 Å². The molecule has 4 nitrogen and oxygen atoms in total. The van der Waals surface area contributed by atoms with Crippen LogP contribution in [0.1, 0.15) is 36.5 Å². The summed E-state index contributed by atoms with van der Waals surface area (Å²) in [5, 5.41) is 11.5. The lowest BCUT2D eigenvalue weighted by Gasteiger charge is -2.17. The van der Waals surface area contributed by atoms with Crippen LogP contribution in [0.3, 0.4) is 0 Å². The van der Waals surface area contributed by atoms with Gasteiger partial charge in [0.25, 0.3) is 0 Å². The van der Waals surface area contributed by atoms with Crippen molar-refractivity contribution < 1.29 is 23.5 Å². The molecular weight excluding hydrogens is 268 g/mol. The minimum Gasteiger partial charge on any atom is -0.481 e. The van der Waals surface area contributed by atoms with E-state index in [1.807, 2.05) is 6.92 Å². The Morgan fingerprint density at radius 1 is 1.35 bits per heavy atom. The first-order valence-electron chi connectivity index (χ1n) is 6.40. The summed E-state index contributed by atoms with van der Waals surface area (Å²) < 4.78 is 26.7. The Kier molecular flexibility index (Phi) is 6.24. The Hall–Kier alpha value is -1.82. The van der Waals surface area contributed by atoms with Crippen molar-refractivity contribution in [1.82, 2.24) is 5.32 Å². The van der Waals surface area contributed by atoms with Crippen molar-refractivity contribution in [3.05, 3.63) is 35.4 Å². The molecule has 2 N–H and O–H groups in total. The summed E-state index contributed by atoms with van der Waals surface area (Å²) in [6.07, 6.45) is 0.552. The zero-order chi connectivity index (χ0) is 15.1. The molecule has 0 spiro atoms. The fourth-order valence-corrected chi connectivity index (χ4v) is 1.79. The van der Waals surface area contributed by atoms with Gasteiger partial charge in [0.05, 0.1) is 11.6 Å². The molecule has 0 saturated carbocycles. The van der Waals surface area contributed by atoms with Gasteiger partial charge in [-0.15, -0.1) is 0 Å². The molecule has 0 aliphatic rings. The first-order chi connectivity index (χ1) is 9.45. The molecule has 0 bridgehead atoms. The highest BCUT2D eigenvalue weighted by molar-refractivity contribution is 6.00. The van der Waals surface area contributed by atoms with Gasteiger partial charge in [-0.05, 0) is 37.6 Å². The fraction of sp³-hybridized carbons (Fsp3) is 0.429. The van der Waals surface area contributed by atoms with Gasteiger partial charge in [0.1, 0.15) is 11.6 Å². The molecule has 110 valence electrons. The zero-order valence-electron chi connectivity index (χ0n) is 11.2. The van der Waals surface area contributed by atoms with Crippen LogP contribution in [-0.2, 0) is 4.79 Å². The van der Waals surface area contributed by atoms with E-state index in [2.05, 4.69) is 5.32 Å². The number of carboxylic acids is 1. The van der Waals surface area contributed by atoms with Crippen LogP contribution < -0.4 is 5.32 Å². The van der Waals surface area contributed by atoms with Crippen LogP contribution in [0.15, 0.2) is 18.2 Å². The molecule has 0 saturated heterocycles. The predicted octanol–water partition coefficient (Wildman–Crippen LogP) is 2.38. The molecule has 1 rings (SSSR count). The summed E-state index contributed by atoms with van der Waals surface area (Å²) in [5.41, 5.74) is -0.357. The maximum Gasteiger partial charge on any atom is 0.303 e. The van der Waals surface area contributed by atoms with Gasteiger partial charge in [0, 0.05) is 6.42 Å². The van der Waals surface area contributed by atoms with Crippen molar-refractivity contribution in [3.8, 4) is 0 Å². The summed E-state index contributed by atoms with van der Waals surface area (Å²) in [5.74, 6) is -3.19. The van der Waals surface area contributed by atoms with E-state index in [4.69, 9.17) is 5.11 Å². The molecule has 0 aliphatic carbocycles. The summed E-state index contributed by atoms with van der Waals surface area (Å²) in [6, 6.07) is 1.82. The van der Waals surface area contributed by atoms with Crippen molar-refractivity contribution in [2.75, 3.05) is 6.54 Å². The normalized spacial score (nSPS) is 12.2. The minimum atomic E-state index is -1.04. The maximum atomic E-state index is 13.6. The number of hydrogen-bond donors (Lipinski definition) is 2. The second-order valence-electron chi connectivity index (χ2n) is 4.43. The Morgan fingerprint density at radius 2 is 2.05 bits per heavy atom. The number of halogens is 2. The third kappa shape index (κ3) is 4.70. The summed E-state index contributed by atoms with van der Waals surface area (Å²) >= 11 is 0. The number of benzene rings is 1. The van der Waals surface area contributed by atoms with Crippen LogP contribution in [-0.4, -0.2) is 29.4 Å². The SMILES string of the molecule is CCCNC(CCC(=O)O)C(=O)c1cc(F)ccc1F. The number of ketones is 1. The number of carbonyl (C=O) groups excluding carboxylic acids is 1. The average Bonchev–Trinajstić information content (AvgIpc) is 2.40. The van der Waals surface area contributed by atoms with Crippen molar-refractivity contribution >= 4 is 11.8 Å². The molecule has 0 aliphatic heterocycles. The fourth-order valence-electron chi connectivity index (χ4n) is 1.79. The molecule has 0 heterocycles. The molecule has 0 fully saturated rings. The van der Waals surface area contributed by atoms with Crippen molar-refractivity contribution in [1.29, 1.82) is 0 Å². The Bertz CT molecular complexity index is 491. The van der Waals surface area contributed by atoms with E-state index in [1.165, 1.54) is 0 Å².